The van der Waals surface area contributed by atoms with Gasteiger partial charge in [-0.2, -0.15) is 0 Å². The van der Waals surface area contributed by atoms with Crippen LogP contribution in [0.25, 0.3) is 0 Å². The molecule has 1 atom stereocenters. The summed E-state index contributed by atoms with van der Waals surface area (Å²) in [7, 11) is 0. The van der Waals surface area contributed by atoms with Crippen molar-refractivity contribution in [2.24, 2.45) is 0 Å². The van der Waals surface area contributed by atoms with Gasteiger partial charge in [-0.25, -0.2) is 13.8 Å². The maximum absolute atomic E-state index is 13.7. The van der Waals surface area contributed by atoms with Gasteiger partial charge in [0.2, 0.25) is 5.91 Å². The maximum Gasteiger partial charge on any atom is 0.257 e. The number of thioether (sulfide) groups is 1. The number of nitrogens with one attached hydrogen (secondary N) is 2. The number of amides is 1. The van der Waals surface area contributed by atoms with Crippen molar-refractivity contribution in [3.8, 4) is 0 Å². The van der Waals surface area contributed by atoms with E-state index in [1.165, 1.54) is 11.8 Å². The normalized spacial score (nSPS) is 15.7. The van der Waals surface area contributed by atoms with Crippen LogP contribution in [0.4, 0.5) is 14.6 Å². The molecule has 0 fully saturated rings. The Bertz CT molecular complexity index is 1130. The van der Waals surface area contributed by atoms with E-state index in [9.17, 15) is 18.4 Å². The number of fused-ring (bicyclic) bond motifs is 1. The molecule has 0 aliphatic carbocycles. The van der Waals surface area contributed by atoms with Gasteiger partial charge in [0.1, 0.15) is 17.5 Å². The smallest absolute Gasteiger partial charge is 0.257 e. The highest BCUT2D eigenvalue weighted by atomic mass is 32.2. The molecule has 2 N–H and O–H groups in total. The molecule has 148 valence electrons. The van der Waals surface area contributed by atoms with Crippen molar-refractivity contribution < 1.29 is 13.6 Å². The first-order valence-electron chi connectivity index (χ1n) is 8.97. The Labute approximate surface area is 169 Å². The summed E-state index contributed by atoms with van der Waals surface area (Å²) in [5, 5.41) is 2.97. The quantitative estimate of drug-likeness (QED) is 0.498. The van der Waals surface area contributed by atoms with Crippen LogP contribution in [0.1, 0.15) is 34.6 Å². The Morgan fingerprint density at radius 2 is 1.79 bits per heavy atom. The molecule has 0 bridgehead atoms. The molecule has 0 spiro atoms. The van der Waals surface area contributed by atoms with E-state index in [2.05, 4.69) is 15.3 Å². The van der Waals surface area contributed by atoms with Crippen LogP contribution in [0.15, 0.2) is 52.4 Å². The second-order valence-electron chi connectivity index (χ2n) is 6.92. The summed E-state index contributed by atoms with van der Waals surface area (Å²) >= 11 is 1.33. The number of H-pyrrole nitrogens is 1. The maximum atomic E-state index is 13.7. The number of aromatic amines is 1. The molecule has 0 saturated heterocycles. The molecule has 0 radical (unpaired) electrons. The Morgan fingerprint density at radius 3 is 2.48 bits per heavy atom. The summed E-state index contributed by atoms with van der Waals surface area (Å²) in [5.41, 5.74) is 2.22. The SMILES string of the molecule is Cc1ccc(CSc2nc3c(c(=O)[nH]2)[C@H](c2cc(F)cc(F)c2)CC(=O)N3)cc1. The zero-order valence-electron chi connectivity index (χ0n) is 15.5. The number of anilines is 1. The van der Waals surface area contributed by atoms with Crippen LogP contribution in [-0.2, 0) is 10.5 Å². The Morgan fingerprint density at radius 1 is 1.10 bits per heavy atom. The van der Waals surface area contributed by atoms with Crippen molar-refractivity contribution in [3.63, 3.8) is 0 Å². The van der Waals surface area contributed by atoms with Crippen molar-refractivity contribution in [2.75, 3.05) is 5.32 Å². The molecule has 1 aromatic heterocycles. The van der Waals surface area contributed by atoms with Crippen LogP contribution in [0, 0.1) is 18.6 Å². The van der Waals surface area contributed by atoms with Crippen molar-refractivity contribution >= 4 is 23.5 Å². The molecule has 4 rings (SSSR count). The van der Waals surface area contributed by atoms with Gasteiger partial charge in [0, 0.05) is 24.2 Å². The lowest BCUT2D eigenvalue weighted by atomic mass is 9.87. The molecular formula is C21H17F2N3O2S. The molecule has 1 aliphatic rings. The number of hydrogen-bond donors (Lipinski definition) is 2. The van der Waals surface area contributed by atoms with Gasteiger partial charge >= 0.3 is 0 Å². The fourth-order valence-electron chi connectivity index (χ4n) is 3.32. The third-order valence-corrected chi connectivity index (χ3v) is 5.66. The zero-order chi connectivity index (χ0) is 20.5. The fourth-order valence-corrected chi connectivity index (χ4v) is 4.13. The van der Waals surface area contributed by atoms with Gasteiger partial charge < -0.3 is 10.3 Å². The van der Waals surface area contributed by atoms with Crippen LogP contribution in [0.2, 0.25) is 0 Å². The molecule has 2 heterocycles. The summed E-state index contributed by atoms with van der Waals surface area (Å²) in [6.07, 6.45) is -0.0868. The number of benzene rings is 2. The average Bonchev–Trinajstić information content (AvgIpc) is 2.66. The molecule has 3 aromatic rings. The first-order valence-corrected chi connectivity index (χ1v) is 9.96. The number of carbonyl (C=O) groups is 1. The van der Waals surface area contributed by atoms with Gasteiger partial charge in [0.15, 0.2) is 5.16 Å². The summed E-state index contributed by atoms with van der Waals surface area (Å²) in [4.78, 5) is 32.0. The summed E-state index contributed by atoms with van der Waals surface area (Å²) in [6.45, 7) is 2.00. The summed E-state index contributed by atoms with van der Waals surface area (Å²) in [5.74, 6) is -1.93. The topological polar surface area (TPSA) is 74.8 Å². The van der Waals surface area contributed by atoms with E-state index in [0.717, 1.165) is 29.3 Å². The zero-order valence-corrected chi connectivity index (χ0v) is 16.3. The average molecular weight is 413 g/mol. The number of halogens is 2. The second-order valence-corrected chi connectivity index (χ2v) is 7.88. The monoisotopic (exact) mass is 413 g/mol. The molecule has 8 heteroatoms. The third kappa shape index (κ3) is 4.22. The van der Waals surface area contributed by atoms with E-state index in [4.69, 9.17) is 0 Å². The highest BCUT2D eigenvalue weighted by Crippen LogP contribution is 2.35. The minimum atomic E-state index is -0.767. The number of hydrogen-bond acceptors (Lipinski definition) is 4. The van der Waals surface area contributed by atoms with E-state index < -0.39 is 23.1 Å². The fraction of sp³-hybridized carbons (Fsp3) is 0.190. The van der Waals surface area contributed by atoms with Gasteiger partial charge in [-0.05, 0) is 30.2 Å². The number of carbonyl (C=O) groups excluding carboxylic acids is 1. The van der Waals surface area contributed by atoms with Crippen molar-refractivity contribution in [1.82, 2.24) is 9.97 Å². The minimum Gasteiger partial charge on any atom is -0.310 e. The molecule has 2 aromatic carbocycles. The van der Waals surface area contributed by atoms with Gasteiger partial charge in [-0.3, -0.25) is 9.59 Å². The van der Waals surface area contributed by atoms with E-state index >= 15 is 0 Å². The van der Waals surface area contributed by atoms with Crippen molar-refractivity contribution in [3.05, 3.63) is 86.7 Å². The van der Waals surface area contributed by atoms with E-state index in [1.54, 1.807) is 0 Å². The van der Waals surface area contributed by atoms with Gasteiger partial charge in [-0.15, -0.1) is 0 Å². The standard InChI is InChI=1S/C21H17F2N3O2S/c1-11-2-4-12(5-3-11)10-29-21-25-19-18(20(28)26-21)16(9-17(27)24-19)13-6-14(22)8-15(23)7-13/h2-8,16H,9-10H2,1H3,(H2,24,25,26,27,28)/t16-/m0/s1. The Kier molecular flexibility index (Phi) is 5.19. The van der Waals surface area contributed by atoms with Crippen LogP contribution in [-0.4, -0.2) is 15.9 Å². The third-order valence-electron chi connectivity index (χ3n) is 4.71. The largest absolute Gasteiger partial charge is 0.310 e. The summed E-state index contributed by atoms with van der Waals surface area (Å²) < 4.78 is 27.3. The van der Waals surface area contributed by atoms with Crippen molar-refractivity contribution in [2.45, 2.75) is 30.2 Å². The lowest BCUT2D eigenvalue weighted by molar-refractivity contribution is -0.116. The minimum absolute atomic E-state index is 0.0868. The highest BCUT2D eigenvalue weighted by Gasteiger charge is 2.31. The Hall–Kier alpha value is -3.00. The lowest BCUT2D eigenvalue weighted by Crippen LogP contribution is -2.31. The lowest BCUT2D eigenvalue weighted by Gasteiger charge is -2.24. The van der Waals surface area contributed by atoms with Gasteiger partial charge in [0.05, 0.1) is 5.56 Å². The van der Waals surface area contributed by atoms with E-state index in [1.807, 2.05) is 31.2 Å². The second kappa shape index (κ2) is 7.79. The molecular weight excluding hydrogens is 396 g/mol. The number of nitrogens with zero attached hydrogens (tertiary/aromatic N) is 1. The summed E-state index contributed by atoms with van der Waals surface area (Å²) in [6, 6.07) is 11.0. The van der Waals surface area contributed by atoms with Gasteiger partial charge in [-0.1, -0.05) is 41.6 Å². The molecule has 29 heavy (non-hydrogen) atoms. The van der Waals surface area contributed by atoms with Gasteiger partial charge in [0.25, 0.3) is 5.56 Å². The van der Waals surface area contributed by atoms with Crippen molar-refractivity contribution in [1.29, 1.82) is 0 Å². The highest BCUT2D eigenvalue weighted by molar-refractivity contribution is 7.98. The number of aryl methyl sites for hydroxylation is 1. The predicted octanol–water partition coefficient (Wildman–Crippen LogP) is 4.12. The first-order chi connectivity index (χ1) is 13.9. The number of aromatic nitrogens is 2. The van der Waals surface area contributed by atoms with E-state index in [-0.39, 0.29) is 29.3 Å². The number of rotatable bonds is 4. The van der Waals surface area contributed by atoms with Crippen LogP contribution >= 0.6 is 11.8 Å². The van der Waals surface area contributed by atoms with Crippen LogP contribution in [0.5, 0.6) is 0 Å². The van der Waals surface area contributed by atoms with Crippen LogP contribution in [0.3, 0.4) is 0 Å². The first kappa shape index (κ1) is 19.3. The molecule has 0 unspecified atom stereocenters. The van der Waals surface area contributed by atoms with E-state index in [0.29, 0.717) is 10.9 Å². The molecule has 1 amide bonds. The van der Waals surface area contributed by atoms with Crippen LogP contribution < -0.4 is 10.9 Å². The Balaban J connectivity index is 1.66. The molecule has 1 aliphatic heterocycles. The predicted molar refractivity (Wildman–Crippen MR) is 107 cm³/mol. The molecule has 0 saturated carbocycles. The molecule has 5 nitrogen and oxygen atoms in total.